The van der Waals surface area contributed by atoms with Crippen LogP contribution in [0.2, 0.25) is 0 Å². The first kappa shape index (κ1) is 11.1. The van der Waals surface area contributed by atoms with Gasteiger partial charge < -0.3 is 5.73 Å². The Morgan fingerprint density at radius 1 is 1.40 bits per heavy atom. The van der Waals surface area contributed by atoms with Crippen LogP contribution >= 0.6 is 11.3 Å². The van der Waals surface area contributed by atoms with Gasteiger partial charge in [0, 0.05) is 16.3 Å². The summed E-state index contributed by atoms with van der Waals surface area (Å²) >= 11 is 1.83. The maximum Gasteiger partial charge on any atom is 0.0962 e. The van der Waals surface area contributed by atoms with Gasteiger partial charge in [-0.05, 0) is 32.6 Å². The molecule has 0 radical (unpaired) electrons. The molecule has 0 spiro atoms. The number of rotatable bonds is 3. The number of thiazole rings is 1. The van der Waals surface area contributed by atoms with Gasteiger partial charge in [-0.2, -0.15) is 0 Å². The summed E-state index contributed by atoms with van der Waals surface area (Å²) in [6.07, 6.45) is 2.63. The Labute approximate surface area is 95.9 Å². The fourth-order valence-electron chi connectivity index (χ4n) is 1.71. The second-order valence-electron chi connectivity index (χ2n) is 5.42. The lowest BCUT2D eigenvalue weighted by atomic mass is 9.98. The molecule has 0 aliphatic heterocycles. The molecule has 0 bridgehead atoms. The third-order valence-corrected chi connectivity index (χ3v) is 4.30. The van der Waals surface area contributed by atoms with E-state index in [-0.39, 0.29) is 5.54 Å². The first-order valence-electron chi connectivity index (χ1n) is 5.69. The van der Waals surface area contributed by atoms with Gasteiger partial charge in [0.15, 0.2) is 0 Å². The van der Waals surface area contributed by atoms with E-state index >= 15 is 0 Å². The Bertz CT molecular complexity index is 356. The molecule has 0 atom stereocenters. The normalized spacial score (nSPS) is 17.5. The molecule has 0 saturated heterocycles. The SMILES string of the molecule is CC(C)c1nc(C2CC2)sc1C(C)(C)N. The van der Waals surface area contributed by atoms with Crippen LogP contribution < -0.4 is 5.73 Å². The van der Waals surface area contributed by atoms with Crippen molar-refractivity contribution < 1.29 is 0 Å². The van der Waals surface area contributed by atoms with Crippen LogP contribution in [0.1, 0.15) is 68.0 Å². The van der Waals surface area contributed by atoms with E-state index in [2.05, 4.69) is 27.7 Å². The highest BCUT2D eigenvalue weighted by Crippen LogP contribution is 2.45. The molecule has 1 saturated carbocycles. The number of hydrogen-bond acceptors (Lipinski definition) is 3. The van der Waals surface area contributed by atoms with Gasteiger partial charge in [-0.25, -0.2) is 4.98 Å². The summed E-state index contributed by atoms with van der Waals surface area (Å²) in [6.45, 7) is 8.54. The Balaban J connectivity index is 2.41. The van der Waals surface area contributed by atoms with Crippen LogP contribution in [0.4, 0.5) is 0 Å². The summed E-state index contributed by atoms with van der Waals surface area (Å²) in [5.41, 5.74) is 7.17. The van der Waals surface area contributed by atoms with Gasteiger partial charge in [0.2, 0.25) is 0 Å². The molecule has 1 aliphatic carbocycles. The molecule has 3 heteroatoms. The summed E-state index contributed by atoms with van der Waals surface area (Å²) in [6, 6.07) is 0. The van der Waals surface area contributed by atoms with E-state index in [0.717, 1.165) is 5.92 Å². The maximum absolute atomic E-state index is 6.20. The number of hydrogen-bond donors (Lipinski definition) is 1. The molecule has 1 aromatic rings. The van der Waals surface area contributed by atoms with Crippen molar-refractivity contribution in [1.82, 2.24) is 4.98 Å². The number of aromatic nitrogens is 1. The van der Waals surface area contributed by atoms with Crippen molar-refractivity contribution >= 4 is 11.3 Å². The van der Waals surface area contributed by atoms with E-state index in [4.69, 9.17) is 10.7 Å². The first-order chi connectivity index (χ1) is 6.89. The topological polar surface area (TPSA) is 38.9 Å². The molecule has 0 aromatic carbocycles. The van der Waals surface area contributed by atoms with Crippen molar-refractivity contribution in [1.29, 1.82) is 0 Å². The van der Waals surface area contributed by atoms with Gasteiger partial charge in [-0.3, -0.25) is 0 Å². The van der Waals surface area contributed by atoms with E-state index in [0.29, 0.717) is 5.92 Å². The minimum Gasteiger partial charge on any atom is -0.321 e. The van der Waals surface area contributed by atoms with Crippen LogP contribution in [0, 0.1) is 0 Å². The summed E-state index contributed by atoms with van der Waals surface area (Å²) in [7, 11) is 0. The van der Waals surface area contributed by atoms with Crippen LogP contribution in [0.5, 0.6) is 0 Å². The lowest BCUT2D eigenvalue weighted by Crippen LogP contribution is -2.28. The predicted octanol–water partition coefficient (Wildman–Crippen LogP) is 3.34. The van der Waals surface area contributed by atoms with Gasteiger partial charge >= 0.3 is 0 Å². The summed E-state index contributed by atoms with van der Waals surface area (Å²) in [4.78, 5) is 6.05. The molecule has 2 nitrogen and oxygen atoms in total. The van der Waals surface area contributed by atoms with Crippen molar-refractivity contribution in [2.24, 2.45) is 5.73 Å². The molecule has 1 aliphatic rings. The molecular weight excluding hydrogens is 204 g/mol. The van der Waals surface area contributed by atoms with Gasteiger partial charge in [0.1, 0.15) is 0 Å². The van der Waals surface area contributed by atoms with Crippen LogP contribution in [-0.2, 0) is 5.54 Å². The van der Waals surface area contributed by atoms with Gasteiger partial charge in [-0.15, -0.1) is 11.3 Å². The predicted molar refractivity (Wildman–Crippen MR) is 65.4 cm³/mol. The second kappa shape index (κ2) is 3.56. The summed E-state index contributed by atoms with van der Waals surface area (Å²) < 4.78 is 0. The van der Waals surface area contributed by atoms with Crippen molar-refractivity contribution in [3.8, 4) is 0 Å². The maximum atomic E-state index is 6.20. The van der Waals surface area contributed by atoms with Crippen molar-refractivity contribution in [2.75, 3.05) is 0 Å². The molecule has 0 amide bonds. The van der Waals surface area contributed by atoms with Crippen LogP contribution in [0.25, 0.3) is 0 Å². The highest BCUT2D eigenvalue weighted by molar-refractivity contribution is 7.12. The first-order valence-corrected chi connectivity index (χ1v) is 6.51. The fraction of sp³-hybridized carbons (Fsp3) is 0.750. The number of nitrogens with two attached hydrogens (primary N) is 1. The largest absolute Gasteiger partial charge is 0.321 e. The molecule has 1 fully saturated rings. The molecule has 2 rings (SSSR count). The van der Waals surface area contributed by atoms with Crippen LogP contribution in [0.15, 0.2) is 0 Å². The van der Waals surface area contributed by atoms with Gasteiger partial charge in [0.25, 0.3) is 0 Å². The lowest BCUT2D eigenvalue weighted by molar-refractivity contribution is 0.553. The minimum atomic E-state index is -0.246. The third-order valence-electron chi connectivity index (χ3n) is 2.73. The Morgan fingerprint density at radius 2 is 2.00 bits per heavy atom. The fourth-order valence-corrected chi connectivity index (χ4v) is 3.11. The third kappa shape index (κ3) is 2.23. The highest BCUT2D eigenvalue weighted by Gasteiger charge is 2.31. The molecular formula is C12H20N2S. The smallest absolute Gasteiger partial charge is 0.0962 e. The summed E-state index contributed by atoms with van der Waals surface area (Å²) in [5, 5.41) is 1.31. The average molecular weight is 224 g/mol. The lowest BCUT2D eigenvalue weighted by Gasteiger charge is -2.19. The zero-order valence-electron chi connectivity index (χ0n) is 10.0. The van der Waals surface area contributed by atoms with Crippen molar-refractivity contribution in [2.45, 2.75) is 57.9 Å². The Kier molecular flexibility index (Phi) is 2.63. The van der Waals surface area contributed by atoms with E-state index in [1.165, 1.54) is 28.4 Å². The molecule has 15 heavy (non-hydrogen) atoms. The minimum absolute atomic E-state index is 0.246. The summed E-state index contributed by atoms with van der Waals surface area (Å²) in [5.74, 6) is 1.22. The van der Waals surface area contributed by atoms with E-state index in [9.17, 15) is 0 Å². The van der Waals surface area contributed by atoms with Crippen LogP contribution in [0.3, 0.4) is 0 Å². The Hall–Kier alpha value is -0.410. The second-order valence-corrected chi connectivity index (χ2v) is 6.45. The van der Waals surface area contributed by atoms with Crippen molar-refractivity contribution in [3.05, 3.63) is 15.6 Å². The van der Waals surface area contributed by atoms with E-state index in [1.807, 2.05) is 11.3 Å². The van der Waals surface area contributed by atoms with E-state index in [1.54, 1.807) is 0 Å². The molecule has 1 heterocycles. The zero-order chi connectivity index (χ0) is 11.2. The van der Waals surface area contributed by atoms with Gasteiger partial charge in [0.05, 0.1) is 10.7 Å². The Morgan fingerprint density at radius 3 is 2.33 bits per heavy atom. The molecule has 0 unspecified atom stereocenters. The molecule has 2 N–H and O–H groups in total. The average Bonchev–Trinajstić information content (AvgIpc) is 2.81. The standard InChI is InChI=1S/C12H20N2S/c1-7(2)9-10(12(3,4)13)15-11(14-9)8-5-6-8/h7-8H,5-6,13H2,1-4H3. The van der Waals surface area contributed by atoms with Crippen LogP contribution in [-0.4, -0.2) is 4.98 Å². The van der Waals surface area contributed by atoms with Gasteiger partial charge in [-0.1, -0.05) is 13.8 Å². The monoisotopic (exact) mass is 224 g/mol. The number of nitrogens with zero attached hydrogens (tertiary/aromatic N) is 1. The quantitative estimate of drug-likeness (QED) is 0.855. The van der Waals surface area contributed by atoms with Crippen molar-refractivity contribution in [3.63, 3.8) is 0 Å². The zero-order valence-corrected chi connectivity index (χ0v) is 10.8. The molecule has 84 valence electrons. The highest BCUT2D eigenvalue weighted by atomic mass is 32.1. The molecule has 1 aromatic heterocycles. The van der Waals surface area contributed by atoms with E-state index < -0.39 is 0 Å².